The van der Waals surface area contributed by atoms with Crippen LogP contribution in [0, 0.1) is 0 Å². The van der Waals surface area contributed by atoms with Crippen LogP contribution in [0.1, 0.15) is 27.2 Å². The van der Waals surface area contributed by atoms with Crippen LogP contribution in [0.5, 0.6) is 0 Å². The molecule has 1 rings (SSSR count). The molecule has 1 heterocycles. The van der Waals surface area contributed by atoms with Crippen molar-refractivity contribution in [1.29, 1.82) is 0 Å². The fourth-order valence-electron chi connectivity index (χ4n) is 1.88. The Labute approximate surface area is 105 Å². The van der Waals surface area contributed by atoms with Crippen LogP contribution in [-0.4, -0.2) is 56.9 Å². The third kappa shape index (κ3) is 4.54. The van der Waals surface area contributed by atoms with Crippen molar-refractivity contribution >= 4 is 10.0 Å². The summed E-state index contributed by atoms with van der Waals surface area (Å²) in [6, 6.07) is -0.0534. The maximum absolute atomic E-state index is 12.1. The SMILES string of the molecule is CCCNCCS(=O)(=O)N1CC(C)OCC1C. The van der Waals surface area contributed by atoms with Gasteiger partial charge in [-0.25, -0.2) is 8.42 Å². The monoisotopic (exact) mass is 264 g/mol. The van der Waals surface area contributed by atoms with Gasteiger partial charge in [-0.15, -0.1) is 0 Å². The highest BCUT2D eigenvalue weighted by atomic mass is 32.2. The van der Waals surface area contributed by atoms with Gasteiger partial charge in [-0.1, -0.05) is 6.92 Å². The first kappa shape index (κ1) is 14.9. The Kier molecular flexibility index (Phi) is 5.85. The van der Waals surface area contributed by atoms with E-state index in [-0.39, 0.29) is 17.9 Å². The molecule has 1 saturated heterocycles. The predicted octanol–water partition coefficient (Wildman–Crippen LogP) is 0.425. The van der Waals surface area contributed by atoms with Gasteiger partial charge in [0.1, 0.15) is 0 Å². The lowest BCUT2D eigenvalue weighted by atomic mass is 10.2. The van der Waals surface area contributed by atoms with Crippen LogP contribution in [0.15, 0.2) is 0 Å². The van der Waals surface area contributed by atoms with Gasteiger partial charge in [-0.05, 0) is 26.8 Å². The van der Waals surface area contributed by atoms with Crippen molar-refractivity contribution in [1.82, 2.24) is 9.62 Å². The van der Waals surface area contributed by atoms with Crippen molar-refractivity contribution < 1.29 is 13.2 Å². The molecule has 0 saturated carbocycles. The van der Waals surface area contributed by atoms with Crippen LogP contribution >= 0.6 is 0 Å². The number of ether oxygens (including phenoxy) is 1. The minimum absolute atomic E-state index is 0.00965. The largest absolute Gasteiger partial charge is 0.375 e. The number of hydrogen-bond donors (Lipinski definition) is 1. The second-order valence-corrected chi connectivity index (χ2v) is 6.67. The van der Waals surface area contributed by atoms with Crippen LogP contribution in [0.2, 0.25) is 0 Å². The summed E-state index contributed by atoms with van der Waals surface area (Å²) in [5.74, 6) is 0.171. The maximum Gasteiger partial charge on any atom is 0.215 e. The second-order valence-electron chi connectivity index (χ2n) is 4.63. The standard InChI is InChI=1S/C11H24N2O3S/c1-4-5-12-6-7-17(14,15)13-8-11(3)16-9-10(13)2/h10-12H,4-9H2,1-3H3. The van der Waals surface area contributed by atoms with Crippen molar-refractivity contribution in [3.63, 3.8) is 0 Å². The summed E-state index contributed by atoms with van der Waals surface area (Å²) >= 11 is 0. The van der Waals surface area contributed by atoms with Gasteiger partial charge in [0.05, 0.1) is 18.5 Å². The summed E-state index contributed by atoms with van der Waals surface area (Å²) in [5.41, 5.74) is 0. The first-order valence-corrected chi connectivity index (χ1v) is 7.90. The normalized spacial score (nSPS) is 27.2. The quantitative estimate of drug-likeness (QED) is 0.707. The Bertz CT molecular complexity index is 319. The van der Waals surface area contributed by atoms with Gasteiger partial charge in [0.15, 0.2) is 0 Å². The number of rotatable bonds is 6. The summed E-state index contributed by atoms with van der Waals surface area (Å²) in [5, 5.41) is 3.12. The Morgan fingerprint density at radius 3 is 2.71 bits per heavy atom. The molecule has 1 N–H and O–H groups in total. The molecule has 2 atom stereocenters. The Morgan fingerprint density at radius 1 is 1.35 bits per heavy atom. The molecule has 1 aliphatic heterocycles. The van der Waals surface area contributed by atoms with Gasteiger partial charge in [0, 0.05) is 19.1 Å². The average molecular weight is 264 g/mol. The molecule has 0 aromatic rings. The molecule has 0 aromatic carbocycles. The van der Waals surface area contributed by atoms with E-state index in [9.17, 15) is 8.42 Å². The summed E-state index contributed by atoms with van der Waals surface area (Å²) in [7, 11) is -3.16. The zero-order chi connectivity index (χ0) is 12.9. The molecule has 0 aliphatic carbocycles. The number of hydrogen-bond acceptors (Lipinski definition) is 4. The number of sulfonamides is 1. The molecule has 1 aliphatic rings. The van der Waals surface area contributed by atoms with E-state index in [4.69, 9.17) is 4.74 Å². The molecule has 0 bridgehead atoms. The van der Waals surface area contributed by atoms with Crippen molar-refractivity contribution in [2.24, 2.45) is 0 Å². The summed E-state index contributed by atoms with van der Waals surface area (Å²) < 4.78 is 31.3. The molecule has 5 nitrogen and oxygen atoms in total. The molecule has 0 aromatic heterocycles. The molecule has 1 fully saturated rings. The van der Waals surface area contributed by atoms with Gasteiger partial charge in [-0.3, -0.25) is 0 Å². The van der Waals surface area contributed by atoms with Gasteiger partial charge in [-0.2, -0.15) is 4.31 Å². The van der Waals surface area contributed by atoms with Crippen molar-refractivity contribution in [2.45, 2.75) is 39.3 Å². The molecular weight excluding hydrogens is 240 g/mol. The van der Waals surface area contributed by atoms with Gasteiger partial charge in [0.2, 0.25) is 10.0 Å². The van der Waals surface area contributed by atoms with E-state index in [1.54, 1.807) is 4.31 Å². The third-order valence-electron chi connectivity index (χ3n) is 2.87. The topological polar surface area (TPSA) is 58.6 Å². The Balaban J connectivity index is 2.50. The number of nitrogens with zero attached hydrogens (tertiary/aromatic N) is 1. The minimum Gasteiger partial charge on any atom is -0.375 e. The first-order valence-electron chi connectivity index (χ1n) is 6.29. The van der Waals surface area contributed by atoms with E-state index in [2.05, 4.69) is 12.2 Å². The van der Waals surface area contributed by atoms with Crippen LogP contribution in [0.25, 0.3) is 0 Å². The summed E-state index contributed by atoms with van der Waals surface area (Å²) in [4.78, 5) is 0. The molecule has 0 radical (unpaired) electrons. The Hall–Kier alpha value is -0.170. The van der Waals surface area contributed by atoms with Crippen LogP contribution in [0.3, 0.4) is 0 Å². The van der Waals surface area contributed by atoms with E-state index in [1.165, 1.54) is 0 Å². The third-order valence-corrected chi connectivity index (χ3v) is 4.82. The van der Waals surface area contributed by atoms with E-state index in [0.29, 0.717) is 19.7 Å². The van der Waals surface area contributed by atoms with E-state index >= 15 is 0 Å². The zero-order valence-electron chi connectivity index (χ0n) is 11.0. The smallest absolute Gasteiger partial charge is 0.215 e. The molecule has 0 amide bonds. The minimum atomic E-state index is -3.16. The molecule has 6 heteroatoms. The van der Waals surface area contributed by atoms with Crippen LogP contribution < -0.4 is 5.32 Å². The summed E-state index contributed by atoms with van der Waals surface area (Å²) in [6.07, 6.45) is 1.01. The fourth-order valence-corrected chi connectivity index (χ4v) is 3.56. The number of nitrogens with one attached hydrogen (secondary N) is 1. The van der Waals surface area contributed by atoms with Crippen LogP contribution in [0.4, 0.5) is 0 Å². The predicted molar refractivity (Wildman–Crippen MR) is 68.5 cm³/mol. The highest BCUT2D eigenvalue weighted by Gasteiger charge is 2.32. The van der Waals surface area contributed by atoms with E-state index in [1.807, 2.05) is 13.8 Å². The van der Waals surface area contributed by atoms with Gasteiger partial charge >= 0.3 is 0 Å². The second kappa shape index (κ2) is 6.68. The average Bonchev–Trinajstić information content (AvgIpc) is 2.28. The first-order chi connectivity index (χ1) is 7.97. The molecule has 2 unspecified atom stereocenters. The molecule has 102 valence electrons. The van der Waals surface area contributed by atoms with Crippen LogP contribution in [-0.2, 0) is 14.8 Å². The summed E-state index contributed by atoms with van der Waals surface area (Å²) in [6.45, 7) is 8.21. The lowest BCUT2D eigenvalue weighted by Crippen LogP contribution is -2.51. The number of morpholine rings is 1. The van der Waals surface area contributed by atoms with Gasteiger partial charge in [0.25, 0.3) is 0 Å². The van der Waals surface area contributed by atoms with E-state index < -0.39 is 10.0 Å². The fraction of sp³-hybridized carbons (Fsp3) is 1.00. The zero-order valence-corrected chi connectivity index (χ0v) is 11.8. The molecule has 17 heavy (non-hydrogen) atoms. The Morgan fingerprint density at radius 2 is 2.06 bits per heavy atom. The lowest BCUT2D eigenvalue weighted by Gasteiger charge is -2.35. The maximum atomic E-state index is 12.1. The van der Waals surface area contributed by atoms with Crippen molar-refractivity contribution in [2.75, 3.05) is 32.0 Å². The van der Waals surface area contributed by atoms with Crippen molar-refractivity contribution in [3.8, 4) is 0 Å². The highest BCUT2D eigenvalue weighted by Crippen LogP contribution is 2.15. The lowest BCUT2D eigenvalue weighted by molar-refractivity contribution is -0.0170. The highest BCUT2D eigenvalue weighted by molar-refractivity contribution is 7.89. The van der Waals surface area contributed by atoms with Crippen molar-refractivity contribution in [3.05, 3.63) is 0 Å². The molecule has 0 spiro atoms. The molecular formula is C11H24N2O3S. The van der Waals surface area contributed by atoms with Gasteiger partial charge < -0.3 is 10.1 Å². The van der Waals surface area contributed by atoms with E-state index in [0.717, 1.165) is 13.0 Å².